The Hall–Kier alpha value is -2.03. The number of nitrogens with zero attached hydrogens (tertiary/aromatic N) is 1. The van der Waals surface area contributed by atoms with Gasteiger partial charge in [0.25, 0.3) is 0 Å². The lowest BCUT2D eigenvalue weighted by molar-refractivity contribution is 0.0971. The van der Waals surface area contributed by atoms with Gasteiger partial charge in [-0.25, -0.2) is 0 Å². The predicted octanol–water partition coefficient (Wildman–Crippen LogP) is 2.91. The van der Waals surface area contributed by atoms with Gasteiger partial charge in [0.05, 0.1) is 12.8 Å². The number of furan rings is 1. The standard InChI is InChI=1S/C15H15NO2/c1-11-9-12-5-2-3-6-13(12)16(11)10-14(17)15-7-4-8-18-15/h2-8,11H,9-10H2,1H3. The minimum absolute atomic E-state index is 0.0311. The molecule has 0 saturated carbocycles. The van der Waals surface area contributed by atoms with E-state index in [1.54, 1.807) is 12.1 Å². The first-order chi connectivity index (χ1) is 8.75. The van der Waals surface area contributed by atoms with Gasteiger partial charge >= 0.3 is 0 Å². The Morgan fingerprint density at radius 2 is 2.17 bits per heavy atom. The maximum Gasteiger partial charge on any atom is 0.217 e. The zero-order chi connectivity index (χ0) is 12.5. The minimum Gasteiger partial charge on any atom is -0.461 e. The molecule has 3 heteroatoms. The van der Waals surface area contributed by atoms with Crippen molar-refractivity contribution >= 4 is 11.5 Å². The summed E-state index contributed by atoms with van der Waals surface area (Å²) in [5.74, 6) is 0.468. The fourth-order valence-electron chi connectivity index (χ4n) is 2.54. The van der Waals surface area contributed by atoms with Gasteiger partial charge in [-0.3, -0.25) is 4.79 Å². The highest BCUT2D eigenvalue weighted by Crippen LogP contribution is 2.31. The number of Topliss-reactive ketones (excluding diaryl/α,β-unsaturated/α-hetero) is 1. The minimum atomic E-state index is 0.0311. The molecule has 0 aliphatic carbocycles. The number of hydrogen-bond acceptors (Lipinski definition) is 3. The molecule has 0 N–H and O–H groups in total. The van der Waals surface area contributed by atoms with E-state index < -0.39 is 0 Å². The molecule has 18 heavy (non-hydrogen) atoms. The molecule has 0 fully saturated rings. The predicted molar refractivity (Wildman–Crippen MR) is 70.0 cm³/mol. The summed E-state index contributed by atoms with van der Waals surface area (Å²) >= 11 is 0. The van der Waals surface area contributed by atoms with Gasteiger partial charge in [-0.2, -0.15) is 0 Å². The number of hydrogen-bond donors (Lipinski definition) is 0. The van der Waals surface area contributed by atoms with Crippen LogP contribution in [-0.4, -0.2) is 18.4 Å². The largest absolute Gasteiger partial charge is 0.461 e. The molecule has 0 saturated heterocycles. The molecule has 0 amide bonds. The van der Waals surface area contributed by atoms with Gasteiger partial charge < -0.3 is 9.32 Å². The number of para-hydroxylation sites is 1. The molecule has 0 spiro atoms. The van der Waals surface area contributed by atoms with E-state index in [1.165, 1.54) is 17.5 Å². The lowest BCUT2D eigenvalue weighted by atomic mass is 10.1. The van der Waals surface area contributed by atoms with E-state index in [0.29, 0.717) is 18.3 Å². The highest BCUT2D eigenvalue weighted by atomic mass is 16.3. The number of carbonyl (C=O) groups excluding carboxylic acids is 1. The Labute approximate surface area is 106 Å². The Morgan fingerprint density at radius 1 is 1.33 bits per heavy atom. The molecule has 1 aromatic heterocycles. The fourth-order valence-corrected chi connectivity index (χ4v) is 2.54. The third kappa shape index (κ3) is 1.82. The molecule has 92 valence electrons. The van der Waals surface area contributed by atoms with Crippen molar-refractivity contribution in [2.45, 2.75) is 19.4 Å². The van der Waals surface area contributed by atoms with E-state index in [2.05, 4.69) is 24.0 Å². The van der Waals surface area contributed by atoms with Gasteiger partial charge in [-0.15, -0.1) is 0 Å². The number of benzene rings is 1. The Morgan fingerprint density at radius 3 is 2.94 bits per heavy atom. The molecule has 2 aromatic rings. The van der Waals surface area contributed by atoms with Crippen molar-refractivity contribution in [2.75, 3.05) is 11.4 Å². The first kappa shape index (κ1) is 11.1. The van der Waals surface area contributed by atoms with Crippen LogP contribution in [0.4, 0.5) is 5.69 Å². The number of ketones is 1. The highest BCUT2D eigenvalue weighted by molar-refractivity contribution is 5.97. The molecule has 3 rings (SSSR count). The molecule has 2 heterocycles. The van der Waals surface area contributed by atoms with Crippen LogP contribution in [0, 0.1) is 0 Å². The maximum absolute atomic E-state index is 12.1. The van der Waals surface area contributed by atoms with Crippen LogP contribution in [-0.2, 0) is 6.42 Å². The highest BCUT2D eigenvalue weighted by Gasteiger charge is 2.27. The molecule has 3 nitrogen and oxygen atoms in total. The zero-order valence-electron chi connectivity index (χ0n) is 10.3. The van der Waals surface area contributed by atoms with Gasteiger partial charge in [-0.1, -0.05) is 18.2 Å². The van der Waals surface area contributed by atoms with Crippen LogP contribution < -0.4 is 4.90 Å². The molecule has 0 radical (unpaired) electrons. The van der Waals surface area contributed by atoms with E-state index in [0.717, 1.165) is 6.42 Å². The number of anilines is 1. The molecule has 1 aliphatic heterocycles. The Bertz CT molecular complexity index is 560. The summed E-state index contributed by atoms with van der Waals surface area (Å²) in [6.07, 6.45) is 2.54. The summed E-state index contributed by atoms with van der Waals surface area (Å²) in [6.45, 7) is 2.53. The van der Waals surface area contributed by atoms with Crippen LogP contribution in [0.25, 0.3) is 0 Å². The van der Waals surface area contributed by atoms with Gasteiger partial charge in [-0.05, 0) is 37.1 Å². The van der Waals surface area contributed by atoms with Gasteiger partial charge in [0.15, 0.2) is 5.76 Å². The fraction of sp³-hybridized carbons (Fsp3) is 0.267. The van der Waals surface area contributed by atoms with Crippen molar-refractivity contribution in [3.8, 4) is 0 Å². The third-order valence-corrected chi connectivity index (χ3v) is 3.46. The quantitative estimate of drug-likeness (QED) is 0.775. The second-order valence-electron chi connectivity index (χ2n) is 4.71. The SMILES string of the molecule is CC1Cc2ccccc2N1CC(=O)c1ccco1. The van der Waals surface area contributed by atoms with Crippen molar-refractivity contribution < 1.29 is 9.21 Å². The van der Waals surface area contributed by atoms with Gasteiger partial charge in [0, 0.05) is 11.7 Å². The van der Waals surface area contributed by atoms with Crippen LogP contribution in [0.1, 0.15) is 23.0 Å². The number of fused-ring (bicyclic) bond motifs is 1. The second-order valence-corrected chi connectivity index (χ2v) is 4.71. The van der Waals surface area contributed by atoms with E-state index in [-0.39, 0.29) is 5.78 Å². The molecule has 1 atom stereocenters. The first-order valence-electron chi connectivity index (χ1n) is 6.17. The van der Waals surface area contributed by atoms with Gasteiger partial charge in [0.1, 0.15) is 0 Å². The van der Waals surface area contributed by atoms with E-state index >= 15 is 0 Å². The zero-order valence-corrected chi connectivity index (χ0v) is 10.3. The maximum atomic E-state index is 12.1. The summed E-state index contributed by atoms with van der Waals surface area (Å²) < 4.78 is 5.15. The van der Waals surface area contributed by atoms with Crippen LogP contribution >= 0.6 is 0 Å². The topological polar surface area (TPSA) is 33.5 Å². The molecular weight excluding hydrogens is 226 g/mol. The smallest absolute Gasteiger partial charge is 0.217 e. The summed E-state index contributed by atoms with van der Waals surface area (Å²) in [6, 6.07) is 12.1. The third-order valence-electron chi connectivity index (χ3n) is 3.46. The van der Waals surface area contributed by atoms with Crippen LogP contribution in [0.5, 0.6) is 0 Å². The van der Waals surface area contributed by atoms with Crippen LogP contribution in [0.3, 0.4) is 0 Å². The molecular formula is C15H15NO2. The molecule has 1 aromatic carbocycles. The van der Waals surface area contributed by atoms with Crippen LogP contribution in [0.2, 0.25) is 0 Å². The Kier molecular flexibility index (Phi) is 2.67. The summed E-state index contributed by atoms with van der Waals surface area (Å²) in [4.78, 5) is 14.2. The number of rotatable bonds is 3. The van der Waals surface area contributed by atoms with Crippen molar-refractivity contribution in [2.24, 2.45) is 0 Å². The van der Waals surface area contributed by atoms with Crippen molar-refractivity contribution in [3.63, 3.8) is 0 Å². The molecule has 0 bridgehead atoms. The van der Waals surface area contributed by atoms with Crippen molar-refractivity contribution in [3.05, 3.63) is 54.0 Å². The summed E-state index contributed by atoms with van der Waals surface area (Å²) in [5, 5.41) is 0. The van der Waals surface area contributed by atoms with Crippen molar-refractivity contribution in [1.29, 1.82) is 0 Å². The van der Waals surface area contributed by atoms with E-state index in [4.69, 9.17) is 4.42 Å². The van der Waals surface area contributed by atoms with Gasteiger partial charge in [0.2, 0.25) is 5.78 Å². The molecule has 1 aliphatic rings. The van der Waals surface area contributed by atoms with Crippen molar-refractivity contribution in [1.82, 2.24) is 0 Å². The van der Waals surface area contributed by atoms with Crippen LogP contribution in [0.15, 0.2) is 47.1 Å². The normalized spacial score (nSPS) is 17.8. The average Bonchev–Trinajstić information content (AvgIpc) is 2.98. The Balaban J connectivity index is 1.83. The lowest BCUT2D eigenvalue weighted by Gasteiger charge is -2.23. The molecule has 1 unspecified atom stereocenters. The monoisotopic (exact) mass is 241 g/mol. The summed E-state index contributed by atoms with van der Waals surface area (Å²) in [5.41, 5.74) is 2.49. The van der Waals surface area contributed by atoms with E-state index in [9.17, 15) is 4.79 Å². The van der Waals surface area contributed by atoms with E-state index in [1.807, 2.05) is 12.1 Å². The second kappa shape index (κ2) is 4.33. The number of carbonyl (C=O) groups is 1. The average molecular weight is 241 g/mol. The first-order valence-corrected chi connectivity index (χ1v) is 6.17. The summed E-state index contributed by atoms with van der Waals surface area (Å²) in [7, 11) is 0. The lowest BCUT2D eigenvalue weighted by Crippen LogP contribution is -2.34.